The Hall–Kier alpha value is -6.83. The van der Waals surface area contributed by atoms with Crippen LogP contribution in [0.15, 0.2) is 91.9 Å². The molecular formula is C29H9F2N11. The van der Waals surface area contributed by atoms with Gasteiger partial charge in [0.25, 0.3) is 0 Å². The van der Waals surface area contributed by atoms with Gasteiger partial charge in [0.2, 0.25) is 0 Å². The van der Waals surface area contributed by atoms with Crippen LogP contribution in [0.2, 0.25) is 0 Å². The first kappa shape index (κ1) is 25.4. The number of nitriles is 3. The van der Waals surface area contributed by atoms with Crippen LogP contribution in [-0.2, 0) is 0 Å². The molecule has 0 unspecified atom stereocenters. The summed E-state index contributed by atoms with van der Waals surface area (Å²) in [5.74, 6) is -2.20. The molecule has 2 aliphatic heterocycles. The van der Waals surface area contributed by atoms with Crippen molar-refractivity contribution in [2.75, 3.05) is 0 Å². The second kappa shape index (κ2) is 10.0. The summed E-state index contributed by atoms with van der Waals surface area (Å²) >= 11 is 0. The van der Waals surface area contributed by atoms with Crippen molar-refractivity contribution in [1.82, 2.24) is 15.0 Å². The molecule has 3 aromatic carbocycles. The average Bonchev–Trinajstić information content (AvgIpc) is 3.63. The van der Waals surface area contributed by atoms with E-state index in [9.17, 15) is 24.6 Å². The zero-order valence-electron chi connectivity index (χ0n) is 20.9. The smallest absolute Gasteiger partial charge is 0.238 e. The number of aromatic nitrogens is 3. The maximum Gasteiger partial charge on any atom is 0.305 e. The SMILES string of the molecule is [C-]#[N+]/C(C#N)=C1\N=c2ccc(-c3nc(/C(C#N)=C4/N=c5cc(F)cc(F)c5=N4)nc(-c4ccccc4)n3)c(C#N)c2=N1. The molecule has 13 heteroatoms. The van der Waals surface area contributed by atoms with Gasteiger partial charge in [-0.2, -0.15) is 10.5 Å². The van der Waals surface area contributed by atoms with E-state index >= 15 is 0 Å². The number of hydrogen-bond donors (Lipinski definition) is 0. The fraction of sp³-hybridized carbons (Fsp3) is 0. The summed E-state index contributed by atoms with van der Waals surface area (Å²) in [6.45, 7) is 7.18. The monoisotopic (exact) mass is 549 g/mol. The summed E-state index contributed by atoms with van der Waals surface area (Å²) in [5.41, 5.74) is 0.194. The molecule has 3 heterocycles. The van der Waals surface area contributed by atoms with Gasteiger partial charge in [-0.15, -0.1) is 0 Å². The Kier molecular flexibility index (Phi) is 6.09. The number of benzene rings is 3. The first-order chi connectivity index (χ1) is 20.4. The summed E-state index contributed by atoms with van der Waals surface area (Å²) in [5, 5.41) is 29.5. The number of nitrogens with zero attached hydrogens (tertiary/aromatic N) is 11. The van der Waals surface area contributed by atoms with Gasteiger partial charge in [0.15, 0.2) is 34.9 Å². The Morgan fingerprint density at radius 1 is 0.762 bits per heavy atom. The highest BCUT2D eigenvalue weighted by Crippen LogP contribution is 2.26. The molecule has 0 saturated heterocycles. The molecule has 0 fully saturated rings. The van der Waals surface area contributed by atoms with Crippen molar-refractivity contribution < 1.29 is 8.78 Å². The third-order valence-corrected chi connectivity index (χ3v) is 6.06. The van der Waals surface area contributed by atoms with E-state index in [1.807, 2.05) is 6.07 Å². The largest absolute Gasteiger partial charge is 0.305 e. The second-order valence-corrected chi connectivity index (χ2v) is 8.55. The summed E-state index contributed by atoms with van der Waals surface area (Å²) < 4.78 is 28.1. The van der Waals surface area contributed by atoms with Crippen molar-refractivity contribution >= 4 is 5.57 Å². The fourth-order valence-electron chi connectivity index (χ4n) is 4.19. The molecule has 194 valence electrons. The molecule has 0 saturated carbocycles. The van der Waals surface area contributed by atoms with Crippen LogP contribution in [0.25, 0.3) is 33.2 Å². The number of rotatable bonds is 3. The minimum absolute atomic E-state index is 0.0102. The van der Waals surface area contributed by atoms with E-state index in [4.69, 9.17) is 6.57 Å². The van der Waals surface area contributed by atoms with Crippen molar-refractivity contribution in [2.24, 2.45) is 20.0 Å². The molecule has 0 N–H and O–H groups in total. The van der Waals surface area contributed by atoms with Crippen molar-refractivity contribution in [2.45, 2.75) is 0 Å². The van der Waals surface area contributed by atoms with Crippen molar-refractivity contribution in [3.8, 4) is 41.0 Å². The fourth-order valence-corrected chi connectivity index (χ4v) is 4.19. The highest BCUT2D eigenvalue weighted by atomic mass is 19.1. The van der Waals surface area contributed by atoms with Gasteiger partial charge in [-0.1, -0.05) is 30.3 Å². The molecule has 0 atom stereocenters. The third-order valence-electron chi connectivity index (χ3n) is 6.06. The second-order valence-electron chi connectivity index (χ2n) is 8.55. The molecular weight excluding hydrogens is 540 g/mol. The van der Waals surface area contributed by atoms with Gasteiger partial charge in [-0.25, -0.2) is 53.8 Å². The lowest BCUT2D eigenvalue weighted by atomic mass is 10.1. The number of allylic oxidation sites excluding steroid dienone is 2. The zero-order chi connectivity index (χ0) is 29.4. The molecule has 6 rings (SSSR count). The van der Waals surface area contributed by atoms with Crippen LogP contribution < -0.4 is 21.4 Å². The van der Waals surface area contributed by atoms with Crippen LogP contribution in [-0.4, -0.2) is 15.0 Å². The Morgan fingerprint density at radius 2 is 1.50 bits per heavy atom. The first-order valence-corrected chi connectivity index (χ1v) is 11.9. The summed E-state index contributed by atoms with van der Waals surface area (Å²) in [6.07, 6.45) is 0. The predicted octanol–water partition coefficient (Wildman–Crippen LogP) is 2.37. The van der Waals surface area contributed by atoms with E-state index < -0.39 is 11.6 Å². The summed E-state index contributed by atoms with van der Waals surface area (Å²) in [6, 6.07) is 19.2. The van der Waals surface area contributed by atoms with Gasteiger partial charge < -0.3 is 0 Å². The van der Waals surface area contributed by atoms with Crippen LogP contribution in [0.4, 0.5) is 8.78 Å². The quantitative estimate of drug-likeness (QED) is 0.281. The summed E-state index contributed by atoms with van der Waals surface area (Å²) in [4.78, 5) is 33.2. The Balaban J connectivity index is 1.63. The van der Waals surface area contributed by atoms with E-state index in [1.165, 1.54) is 12.1 Å². The van der Waals surface area contributed by atoms with E-state index in [-0.39, 0.29) is 72.9 Å². The maximum atomic E-state index is 14.4. The van der Waals surface area contributed by atoms with Crippen molar-refractivity contribution in [1.29, 1.82) is 15.8 Å². The first-order valence-electron chi connectivity index (χ1n) is 11.9. The van der Waals surface area contributed by atoms with Crippen LogP contribution >= 0.6 is 0 Å². The van der Waals surface area contributed by atoms with Gasteiger partial charge in [-0.3, -0.25) is 0 Å². The van der Waals surface area contributed by atoms with Crippen LogP contribution in [0.3, 0.4) is 0 Å². The van der Waals surface area contributed by atoms with E-state index in [2.05, 4.69) is 45.8 Å². The van der Waals surface area contributed by atoms with Gasteiger partial charge in [0.1, 0.15) is 34.2 Å². The van der Waals surface area contributed by atoms with E-state index in [0.717, 1.165) is 6.07 Å². The Morgan fingerprint density at radius 3 is 2.21 bits per heavy atom. The number of halogens is 2. The van der Waals surface area contributed by atoms with Gasteiger partial charge in [-0.05, 0) is 12.1 Å². The lowest BCUT2D eigenvalue weighted by Gasteiger charge is -2.08. The molecule has 2 aliphatic rings. The molecule has 11 nitrogen and oxygen atoms in total. The highest BCUT2D eigenvalue weighted by Gasteiger charge is 2.22. The zero-order valence-corrected chi connectivity index (χ0v) is 20.9. The average molecular weight is 549 g/mol. The van der Waals surface area contributed by atoms with Crippen molar-refractivity contribution in [3.05, 3.63) is 128 Å². The van der Waals surface area contributed by atoms with Crippen LogP contribution in [0, 0.1) is 52.2 Å². The molecule has 0 radical (unpaired) electrons. The van der Waals surface area contributed by atoms with E-state index in [0.29, 0.717) is 11.6 Å². The lowest BCUT2D eigenvalue weighted by molar-refractivity contribution is 0.571. The summed E-state index contributed by atoms with van der Waals surface area (Å²) in [7, 11) is 0. The standard InChI is InChI=1S/C29H9F2N11/c1-35-22(13-34)29-36-20-8-7-16(17(11-32)23(20)38-29)26-40-25(14-5-3-2-4-6-14)41-28(42-26)18(12-33)27-37-21-10-15(30)9-19(31)24(21)39-27/h2-10H/b27-18-,29-22+. The lowest BCUT2D eigenvalue weighted by Crippen LogP contribution is -2.25. The van der Waals surface area contributed by atoms with E-state index in [1.54, 1.807) is 36.4 Å². The molecule has 0 bridgehead atoms. The molecule has 0 amide bonds. The molecule has 0 aliphatic carbocycles. The number of hydrogen-bond acceptors (Lipinski definition) is 10. The van der Waals surface area contributed by atoms with Crippen molar-refractivity contribution in [3.63, 3.8) is 0 Å². The minimum atomic E-state index is -0.945. The topological polar surface area (TPSA) is 164 Å². The molecule has 0 spiro atoms. The third kappa shape index (κ3) is 4.22. The maximum absolute atomic E-state index is 14.4. The molecule has 1 aromatic heterocycles. The Bertz CT molecular complexity index is 2350. The van der Waals surface area contributed by atoms with Gasteiger partial charge >= 0.3 is 5.70 Å². The highest BCUT2D eigenvalue weighted by molar-refractivity contribution is 5.78. The Labute approximate surface area is 233 Å². The van der Waals surface area contributed by atoms with Crippen LogP contribution in [0.1, 0.15) is 11.4 Å². The van der Waals surface area contributed by atoms with Crippen LogP contribution in [0.5, 0.6) is 0 Å². The molecule has 42 heavy (non-hydrogen) atoms. The van der Waals surface area contributed by atoms with Gasteiger partial charge in [0.05, 0.1) is 28.9 Å². The predicted molar refractivity (Wildman–Crippen MR) is 138 cm³/mol. The minimum Gasteiger partial charge on any atom is -0.238 e. The van der Waals surface area contributed by atoms with Gasteiger partial charge in [0, 0.05) is 23.3 Å². The normalized spacial score (nSPS) is 14.7. The molecule has 4 aromatic rings. The number of fused-ring (bicyclic) bond motifs is 2.